The summed E-state index contributed by atoms with van der Waals surface area (Å²) >= 11 is 0. The number of methoxy groups -OCH3 is 1. The van der Waals surface area contributed by atoms with Crippen molar-refractivity contribution in [2.75, 3.05) is 27.2 Å². The molecule has 1 aliphatic heterocycles. The maximum absolute atomic E-state index is 12.0. The number of ether oxygens (including phenoxy) is 1. The summed E-state index contributed by atoms with van der Waals surface area (Å²) in [6.07, 6.45) is 2.84. The van der Waals surface area contributed by atoms with E-state index in [0.29, 0.717) is 6.54 Å². The van der Waals surface area contributed by atoms with Gasteiger partial charge in [-0.05, 0) is 33.2 Å². The van der Waals surface area contributed by atoms with Gasteiger partial charge in [0.2, 0.25) is 5.91 Å². The van der Waals surface area contributed by atoms with Gasteiger partial charge in [-0.3, -0.25) is 14.5 Å². The molecule has 5 heteroatoms. The van der Waals surface area contributed by atoms with Crippen molar-refractivity contribution in [3.63, 3.8) is 0 Å². The zero-order valence-corrected chi connectivity index (χ0v) is 11.8. The van der Waals surface area contributed by atoms with E-state index in [2.05, 4.69) is 0 Å². The number of likely N-dealkylation sites (tertiary alicyclic amines) is 1. The first-order valence-corrected chi connectivity index (χ1v) is 6.55. The minimum Gasteiger partial charge on any atom is -0.468 e. The summed E-state index contributed by atoms with van der Waals surface area (Å²) in [5, 5.41) is 0. The molecule has 1 atom stereocenters. The Balaban J connectivity index is 2.62. The number of amides is 1. The second-order valence-electron chi connectivity index (χ2n) is 5.10. The van der Waals surface area contributed by atoms with Crippen LogP contribution in [0, 0.1) is 0 Å². The van der Waals surface area contributed by atoms with Crippen molar-refractivity contribution in [2.45, 2.75) is 45.2 Å². The molecule has 104 valence electrons. The van der Waals surface area contributed by atoms with Gasteiger partial charge in [-0.1, -0.05) is 6.42 Å². The van der Waals surface area contributed by atoms with Gasteiger partial charge in [0.25, 0.3) is 0 Å². The molecule has 0 saturated carbocycles. The summed E-state index contributed by atoms with van der Waals surface area (Å²) < 4.78 is 4.80. The molecule has 1 fully saturated rings. The van der Waals surface area contributed by atoms with Crippen LogP contribution in [0.5, 0.6) is 0 Å². The topological polar surface area (TPSA) is 49.9 Å². The van der Waals surface area contributed by atoms with Crippen LogP contribution in [0.15, 0.2) is 0 Å². The highest BCUT2D eigenvalue weighted by Gasteiger charge is 2.31. The van der Waals surface area contributed by atoms with Gasteiger partial charge in [0.1, 0.15) is 6.04 Å². The molecular weight excluding hydrogens is 232 g/mol. The first-order valence-electron chi connectivity index (χ1n) is 6.55. The number of likely N-dealkylation sites (N-methyl/N-ethyl adjacent to an activating group) is 1. The molecule has 0 radical (unpaired) electrons. The fourth-order valence-corrected chi connectivity index (χ4v) is 2.16. The Morgan fingerprint density at radius 2 is 2.06 bits per heavy atom. The van der Waals surface area contributed by atoms with Crippen molar-refractivity contribution in [3.05, 3.63) is 0 Å². The Hall–Kier alpha value is -1.10. The van der Waals surface area contributed by atoms with Crippen molar-refractivity contribution >= 4 is 11.9 Å². The van der Waals surface area contributed by atoms with Gasteiger partial charge >= 0.3 is 5.97 Å². The van der Waals surface area contributed by atoms with E-state index in [1.54, 1.807) is 11.9 Å². The molecule has 0 bridgehead atoms. The molecule has 0 aromatic rings. The zero-order chi connectivity index (χ0) is 13.7. The number of carbonyl (C=O) groups excluding carboxylic acids is 2. The van der Waals surface area contributed by atoms with Crippen LogP contribution >= 0.6 is 0 Å². The second kappa shape index (κ2) is 6.73. The highest BCUT2D eigenvalue weighted by atomic mass is 16.5. The molecule has 1 aliphatic rings. The lowest BCUT2D eigenvalue weighted by Crippen LogP contribution is -2.50. The molecule has 1 rings (SSSR count). The summed E-state index contributed by atoms with van der Waals surface area (Å²) in [6.45, 7) is 5.05. The lowest BCUT2D eigenvalue weighted by Gasteiger charge is -2.34. The quantitative estimate of drug-likeness (QED) is 0.701. The zero-order valence-electron chi connectivity index (χ0n) is 11.8. The SMILES string of the molecule is COC(=O)[C@H]1CCCCN1CC(=O)N(C)C(C)C. The van der Waals surface area contributed by atoms with Gasteiger partial charge in [0.05, 0.1) is 13.7 Å². The average Bonchev–Trinajstić information content (AvgIpc) is 2.37. The summed E-state index contributed by atoms with van der Waals surface area (Å²) in [5.41, 5.74) is 0. The van der Waals surface area contributed by atoms with Gasteiger partial charge < -0.3 is 9.64 Å². The lowest BCUT2D eigenvalue weighted by atomic mass is 10.0. The molecule has 0 aliphatic carbocycles. The van der Waals surface area contributed by atoms with E-state index in [0.717, 1.165) is 25.8 Å². The molecule has 1 amide bonds. The maximum Gasteiger partial charge on any atom is 0.323 e. The molecule has 18 heavy (non-hydrogen) atoms. The molecule has 0 spiro atoms. The molecular formula is C13H24N2O3. The molecule has 1 heterocycles. The van der Waals surface area contributed by atoms with E-state index in [-0.39, 0.29) is 24.0 Å². The molecule has 5 nitrogen and oxygen atoms in total. The largest absolute Gasteiger partial charge is 0.468 e. The first kappa shape index (κ1) is 15.0. The van der Waals surface area contributed by atoms with E-state index in [1.807, 2.05) is 18.7 Å². The molecule has 0 unspecified atom stereocenters. The Morgan fingerprint density at radius 1 is 1.39 bits per heavy atom. The van der Waals surface area contributed by atoms with Gasteiger partial charge in [0, 0.05) is 13.1 Å². The Morgan fingerprint density at radius 3 is 2.61 bits per heavy atom. The standard InChI is InChI=1S/C13H24N2O3/c1-10(2)14(3)12(16)9-15-8-6-5-7-11(15)13(17)18-4/h10-11H,5-9H2,1-4H3/t11-/m1/s1. The Labute approximate surface area is 109 Å². The summed E-state index contributed by atoms with van der Waals surface area (Å²) in [7, 11) is 3.20. The van der Waals surface area contributed by atoms with Crippen molar-refractivity contribution in [3.8, 4) is 0 Å². The van der Waals surface area contributed by atoms with Crippen LogP contribution in [0.4, 0.5) is 0 Å². The van der Waals surface area contributed by atoms with Gasteiger partial charge in [0.15, 0.2) is 0 Å². The van der Waals surface area contributed by atoms with Crippen LogP contribution in [0.3, 0.4) is 0 Å². The number of rotatable bonds is 4. The molecule has 0 N–H and O–H groups in total. The van der Waals surface area contributed by atoms with Crippen LogP contribution in [0.25, 0.3) is 0 Å². The summed E-state index contributed by atoms with van der Waals surface area (Å²) in [5.74, 6) is -0.171. The van der Waals surface area contributed by atoms with Crippen LogP contribution in [-0.2, 0) is 14.3 Å². The average molecular weight is 256 g/mol. The fraction of sp³-hybridized carbons (Fsp3) is 0.846. The second-order valence-corrected chi connectivity index (χ2v) is 5.10. The third kappa shape index (κ3) is 3.70. The number of carbonyl (C=O) groups is 2. The lowest BCUT2D eigenvalue weighted by molar-refractivity contribution is -0.149. The van der Waals surface area contributed by atoms with Crippen LogP contribution in [0.1, 0.15) is 33.1 Å². The number of nitrogens with zero attached hydrogens (tertiary/aromatic N) is 2. The van der Waals surface area contributed by atoms with Crippen LogP contribution in [-0.4, -0.2) is 61.0 Å². The van der Waals surface area contributed by atoms with E-state index in [1.165, 1.54) is 7.11 Å². The summed E-state index contributed by atoms with van der Waals surface area (Å²) in [6, 6.07) is -0.0767. The van der Waals surface area contributed by atoms with E-state index in [9.17, 15) is 9.59 Å². The van der Waals surface area contributed by atoms with Crippen LogP contribution < -0.4 is 0 Å². The van der Waals surface area contributed by atoms with Crippen LogP contribution in [0.2, 0.25) is 0 Å². The minimum atomic E-state index is -0.256. The molecule has 0 aromatic heterocycles. The molecule has 0 aromatic carbocycles. The smallest absolute Gasteiger partial charge is 0.323 e. The number of esters is 1. The van der Waals surface area contributed by atoms with Crippen molar-refractivity contribution in [1.82, 2.24) is 9.80 Å². The third-order valence-electron chi connectivity index (χ3n) is 3.59. The number of hydrogen-bond acceptors (Lipinski definition) is 4. The number of hydrogen-bond donors (Lipinski definition) is 0. The van der Waals surface area contributed by atoms with Gasteiger partial charge in [-0.15, -0.1) is 0 Å². The summed E-state index contributed by atoms with van der Waals surface area (Å²) in [4.78, 5) is 27.4. The highest BCUT2D eigenvalue weighted by Crippen LogP contribution is 2.18. The minimum absolute atomic E-state index is 0.0563. The van der Waals surface area contributed by atoms with Crippen molar-refractivity contribution in [1.29, 1.82) is 0 Å². The Bertz CT molecular complexity index is 305. The van der Waals surface area contributed by atoms with Gasteiger partial charge in [-0.2, -0.15) is 0 Å². The predicted molar refractivity (Wildman–Crippen MR) is 69.1 cm³/mol. The monoisotopic (exact) mass is 256 g/mol. The Kier molecular flexibility index (Phi) is 5.59. The van der Waals surface area contributed by atoms with Gasteiger partial charge in [-0.25, -0.2) is 0 Å². The van der Waals surface area contributed by atoms with E-state index >= 15 is 0 Å². The number of piperidine rings is 1. The maximum atomic E-state index is 12.0. The van der Waals surface area contributed by atoms with Crippen molar-refractivity contribution in [2.24, 2.45) is 0 Å². The van der Waals surface area contributed by atoms with E-state index < -0.39 is 0 Å². The highest BCUT2D eigenvalue weighted by molar-refractivity contribution is 5.80. The third-order valence-corrected chi connectivity index (χ3v) is 3.59. The van der Waals surface area contributed by atoms with E-state index in [4.69, 9.17) is 4.74 Å². The fourth-order valence-electron chi connectivity index (χ4n) is 2.16. The van der Waals surface area contributed by atoms with Crippen molar-refractivity contribution < 1.29 is 14.3 Å². The first-order chi connectivity index (χ1) is 8.47. The predicted octanol–water partition coefficient (Wildman–Crippen LogP) is 0.881. The molecule has 1 saturated heterocycles. The normalized spacial score (nSPS) is 20.8.